The summed E-state index contributed by atoms with van der Waals surface area (Å²) in [5.74, 6) is 1.76. The molecule has 1 saturated carbocycles. The smallest absolute Gasteiger partial charge is 0.224 e. The Bertz CT molecular complexity index is 499. The van der Waals surface area contributed by atoms with Crippen LogP contribution < -0.4 is 10.6 Å². The van der Waals surface area contributed by atoms with E-state index in [9.17, 15) is 4.79 Å². The summed E-state index contributed by atoms with van der Waals surface area (Å²) in [6.07, 6.45) is 12.2. The van der Waals surface area contributed by atoms with E-state index in [4.69, 9.17) is 0 Å². The lowest BCUT2D eigenvalue weighted by Gasteiger charge is -2.22. The summed E-state index contributed by atoms with van der Waals surface area (Å²) in [5, 5.41) is 6.48. The Hall–Kier alpha value is -1.35. The van der Waals surface area contributed by atoms with Gasteiger partial charge in [0.25, 0.3) is 0 Å². The van der Waals surface area contributed by atoms with Crippen LogP contribution in [0.3, 0.4) is 0 Å². The third kappa shape index (κ3) is 5.62. The Morgan fingerprint density at radius 2 is 1.67 bits per heavy atom. The molecular formula is C21H32N2O. The number of nitrogens with one attached hydrogen (secondary N) is 2. The van der Waals surface area contributed by atoms with Crippen molar-refractivity contribution in [2.24, 2.45) is 11.8 Å². The number of rotatable bonds is 6. The summed E-state index contributed by atoms with van der Waals surface area (Å²) < 4.78 is 0. The molecule has 2 aliphatic rings. The Morgan fingerprint density at radius 3 is 2.38 bits per heavy atom. The van der Waals surface area contributed by atoms with Crippen molar-refractivity contribution < 1.29 is 4.79 Å². The minimum absolute atomic E-state index is 0.173. The Labute approximate surface area is 146 Å². The van der Waals surface area contributed by atoms with Crippen molar-refractivity contribution in [3.63, 3.8) is 0 Å². The molecule has 24 heavy (non-hydrogen) atoms. The number of piperidine rings is 1. The van der Waals surface area contributed by atoms with Crippen LogP contribution in [0.2, 0.25) is 0 Å². The van der Waals surface area contributed by atoms with Gasteiger partial charge in [-0.05, 0) is 68.3 Å². The van der Waals surface area contributed by atoms with Crippen molar-refractivity contribution in [3.05, 3.63) is 29.8 Å². The molecule has 3 rings (SSSR count). The molecular weight excluding hydrogens is 296 g/mol. The van der Waals surface area contributed by atoms with Gasteiger partial charge < -0.3 is 10.6 Å². The molecule has 1 heterocycles. The van der Waals surface area contributed by atoms with Gasteiger partial charge in [-0.25, -0.2) is 0 Å². The van der Waals surface area contributed by atoms with Gasteiger partial charge in [-0.3, -0.25) is 4.79 Å². The van der Waals surface area contributed by atoms with Gasteiger partial charge in [0.2, 0.25) is 5.91 Å². The first-order chi connectivity index (χ1) is 11.8. The van der Waals surface area contributed by atoms with Gasteiger partial charge in [0.1, 0.15) is 0 Å². The minimum Gasteiger partial charge on any atom is -0.326 e. The van der Waals surface area contributed by atoms with Gasteiger partial charge in [-0.1, -0.05) is 44.2 Å². The highest BCUT2D eigenvalue weighted by Crippen LogP contribution is 2.27. The Balaban J connectivity index is 1.40. The van der Waals surface area contributed by atoms with Crippen LogP contribution in [0.15, 0.2) is 24.3 Å². The van der Waals surface area contributed by atoms with Gasteiger partial charge in [-0.2, -0.15) is 0 Å². The van der Waals surface area contributed by atoms with E-state index in [1.165, 1.54) is 50.5 Å². The lowest BCUT2D eigenvalue weighted by atomic mass is 9.86. The fraction of sp³-hybridized carbons (Fsp3) is 0.667. The molecule has 0 bridgehead atoms. The first-order valence-corrected chi connectivity index (χ1v) is 9.89. The van der Waals surface area contributed by atoms with Crippen molar-refractivity contribution >= 4 is 11.6 Å². The summed E-state index contributed by atoms with van der Waals surface area (Å²) in [7, 11) is 0. The molecule has 0 unspecified atom stereocenters. The van der Waals surface area contributed by atoms with Crippen molar-refractivity contribution in [2.45, 2.75) is 64.2 Å². The number of hydrogen-bond acceptors (Lipinski definition) is 2. The zero-order valence-corrected chi connectivity index (χ0v) is 14.9. The van der Waals surface area contributed by atoms with E-state index < -0.39 is 0 Å². The zero-order valence-electron chi connectivity index (χ0n) is 14.9. The predicted molar refractivity (Wildman–Crippen MR) is 100 cm³/mol. The molecule has 2 fully saturated rings. The van der Waals surface area contributed by atoms with Crippen LogP contribution in [0.25, 0.3) is 0 Å². The zero-order chi connectivity index (χ0) is 16.6. The van der Waals surface area contributed by atoms with Gasteiger partial charge in [-0.15, -0.1) is 0 Å². The van der Waals surface area contributed by atoms with Crippen LogP contribution >= 0.6 is 0 Å². The van der Waals surface area contributed by atoms with Crippen LogP contribution in [0.4, 0.5) is 5.69 Å². The average molecular weight is 329 g/mol. The number of carbonyl (C=O) groups excluding carboxylic acids is 1. The number of carbonyl (C=O) groups is 1. The lowest BCUT2D eigenvalue weighted by Crippen LogP contribution is -2.28. The predicted octanol–water partition coefficient (Wildman–Crippen LogP) is 4.53. The number of benzene rings is 1. The van der Waals surface area contributed by atoms with Crippen LogP contribution in [-0.4, -0.2) is 19.0 Å². The van der Waals surface area contributed by atoms with Gasteiger partial charge in [0.05, 0.1) is 0 Å². The first kappa shape index (κ1) is 17.5. The molecule has 0 atom stereocenters. The molecule has 1 saturated heterocycles. The molecule has 0 spiro atoms. The Kier molecular flexibility index (Phi) is 6.71. The van der Waals surface area contributed by atoms with E-state index in [1.807, 2.05) is 0 Å². The van der Waals surface area contributed by atoms with E-state index in [2.05, 4.69) is 34.9 Å². The highest BCUT2D eigenvalue weighted by molar-refractivity contribution is 5.90. The topological polar surface area (TPSA) is 41.1 Å². The monoisotopic (exact) mass is 328 g/mol. The first-order valence-electron chi connectivity index (χ1n) is 9.89. The third-order valence-electron chi connectivity index (χ3n) is 5.73. The van der Waals surface area contributed by atoms with Crippen molar-refractivity contribution in [2.75, 3.05) is 18.4 Å². The standard InChI is InChI=1S/C21H32N2O/c24-21(11-8-17-4-2-1-3-5-17)23-20-9-6-18(7-10-20)16-19-12-14-22-15-13-19/h6-7,9-10,17,19,22H,1-5,8,11-16H2,(H,23,24). The molecule has 132 valence electrons. The summed E-state index contributed by atoms with van der Waals surface area (Å²) >= 11 is 0. The molecule has 2 N–H and O–H groups in total. The van der Waals surface area contributed by atoms with Crippen LogP contribution in [0, 0.1) is 11.8 Å². The van der Waals surface area contributed by atoms with Gasteiger partial charge in [0, 0.05) is 12.1 Å². The summed E-state index contributed by atoms with van der Waals surface area (Å²) in [6, 6.07) is 8.49. The molecule has 3 nitrogen and oxygen atoms in total. The maximum absolute atomic E-state index is 12.1. The number of amides is 1. The molecule has 1 aliphatic heterocycles. The fourth-order valence-corrected chi connectivity index (χ4v) is 4.18. The van der Waals surface area contributed by atoms with Crippen molar-refractivity contribution in [1.82, 2.24) is 5.32 Å². The number of anilines is 1. The lowest BCUT2D eigenvalue weighted by molar-refractivity contribution is -0.116. The molecule has 1 aliphatic carbocycles. The molecule has 1 aromatic carbocycles. The second kappa shape index (κ2) is 9.22. The van der Waals surface area contributed by atoms with E-state index in [0.717, 1.165) is 43.5 Å². The van der Waals surface area contributed by atoms with Crippen LogP contribution in [-0.2, 0) is 11.2 Å². The second-order valence-electron chi connectivity index (χ2n) is 7.69. The quantitative estimate of drug-likeness (QED) is 0.805. The van der Waals surface area contributed by atoms with Crippen molar-refractivity contribution in [1.29, 1.82) is 0 Å². The SMILES string of the molecule is O=C(CCC1CCCCC1)Nc1ccc(CC2CCNCC2)cc1. The molecule has 0 radical (unpaired) electrons. The Morgan fingerprint density at radius 1 is 0.958 bits per heavy atom. The molecule has 1 aromatic rings. The average Bonchev–Trinajstić information content (AvgIpc) is 2.63. The minimum atomic E-state index is 0.173. The van der Waals surface area contributed by atoms with Gasteiger partial charge in [0.15, 0.2) is 0 Å². The second-order valence-corrected chi connectivity index (χ2v) is 7.69. The third-order valence-corrected chi connectivity index (χ3v) is 5.73. The molecule has 0 aromatic heterocycles. The van der Waals surface area contributed by atoms with Gasteiger partial charge >= 0.3 is 0 Å². The summed E-state index contributed by atoms with van der Waals surface area (Å²) in [5.41, 5.74) is 2.33. The van der Waals surface area contributed by atoms with Crippen molar-refractivity contribution in [3.8, 4) is 0 Å². The van der Waals surface area contributed by atoms with E-state index in [1.54, 1.807) is 0 Å². The van der Waals surface area contributed by atoms with E-state index in [-0.39, 0.29) is 5.91 Å². The largest absolute Gasteiger partial charge is 0.326 e. The fourth-order valence-electron chi connectivity index (χ4n) is 4.18. The maximum Gasteiger partial charge on any atom is 0.224 e. The summed E-state index contributed by atoms with van der Waals surface area (Å²) in [6.45, 7) is 2.31. The van der Waals surface area contributed by atoms with E-state index in [0.29, 0.717) is 6.42 Å². The van der Waals surface area contributed by atoms with E-state index >= 15 is 0 Å². The highest BCUT2D eigenvalue weighted by Gasteiger charge is 2.15. The maximum atomic E-state index is 12.1. The summed E-state index contributed by atoms with van der Waals surface area (Å²) in [4.78, 5) is 12.1. The molecule has 1 amide bonds. The normalized spacial score (nSPS) is 20.0. The van der Waals surface area contributed by atoms with Crippen LogP contribution in [0.5, 0.6) is 0 Å². The highest BCUT2D eigenvalue weighted by atomic mass is 16.1. The van der Waals surface area contributed by atoms with Crippen LogP contribution in [0.1, 0.15) is 63.4 Å². The number of hydrogen-bond donors (Lipinski definition) is 2. The molecule has 3 heteroatoms.